The van der Waals surface area contributed by atoms with Crippen LogP contribution in [0.3, 0.4) is 0 Å². The van der Waals surface area contributed by atoms with Crippen molar-refractivity contribution in [2.45, 2.75) is 12.6 Å². The van der Waals surface area contributed by atoms with Crippen LogP contribution in [0, 0.1) is 5.92 Å². The third-order valence-electron chi connectivity index (χ3n) is 5.12. The fraction of sp³-hybridized carbons (Fsp3) is 0.136. The van der Waals surface area contributed by atoms with E-state index in [1.54, 1.807) is 10.6 Å². The first-order valence-corrected chi connectivity index (χ1v) is 9.82. The van der Waals surface area contributed by atoms with Gasteiger partial charge < -0.3 is 24.8 Å². The molecule has 0 N–H and O–H groups in total. The summed E-state index contributed by atoms with van der Waals surface area (Å²) in [7, 11) is -0.346. The predicted molar refractivity (Wildman–Crippen MR) is 103 cm³/mol. The van der Waals surface area contributed by atoms with E-state index in [0.29, 0.717) is 11.6 Å². The Bertz CT molecular complexity index is 950. The Morgan fingerprint density at radius 1 is 1.00 bits per heavy atom. The molecule has 1 aliphatic heterocycles. The first-order valence-electron chi connectivity index (χ1n) is 8.41. The van der Waals surface area contributed by atoms with Crippen molar-refractivity contribution in [3.8, 4) is 0 Å². The Hall–Kier alpha value is -0.777. The first kappa shape index (κ1) is 22.5. The van der Waals surface area contributed by atoms with Gasteiger partial charge in [-0.1, -0.05) is 54.6 Å². The quantitative estimate of drug-likeness (QED) is 0.548. The number of hydrogen-bond donors (Lipinski definition) is 0. The van der Waals surface area contributed by atoms with E-state index in [9.17, 15) is 0 Å². The van der Waals surface area contributed by atoms with Crippen LogP contribution >= 0.6 is 7.92 Å². The van der Waals surface area contributed by atoms with Crippen LogP contribution in [0.15, 0.2) is 83.6 Å². The van der Waals surface area contributed by atoms with Gasteiger partial charge in [-0.15, -0.1) is 0 Å². The van der Waals surface area contributed by atoms with Gasteiger partial charge in [-0.3, -0.25) is 4.98 Å². The largest absolute Gasteiger partial charge is 2.00 e. The van der Waals surface area contributed by atoms with Crippen LogP contribution in [0.5, 0.6) is 0 Å². The van der Waals surface area contributed by atoms with E-state index in [1.807, 2.05) is 12.3 Å². The van der Waals surface area contributed by atoms with Gasteiger partial charge in [0.25, 0.3) is 0 Å². The number of allylic oxidation sites excluding steroid dienone is 7. The Kier molecular flexibility index (Phi) is 7.63. The van der Waals surface area contributed by atoms with Crippen LogP contribution < -0.4 is 24.8 Å². The van der Waals surface area contributed by atoms with E-state index in [0.717, 1.165) is 5.69 Å². The zero-order valence-electron chi connectivity index (χ0n) is 14.8. The molecular formula is C22H18Cl2NPZr. The van der Waals surface area contributed by atoms with Crippen molar-refractivity contribution in [2.75, 3.05) is 0 Å². The number of hydrogen-bond acceptors (Lipinski definition) is 1. The Morgan fingerprint density at radius 3 is 2.56 bits per heavy atom. The van der Waals surface area contributed by atoms with Gasteiger partial charge in [0.2, 0.25) is 0 Å². The van der Waals surface area contributed by atoms with Gasteiger partial charge >= 0.3 is 26.2 Å². The summed E-state index contributed by atoms with van der Waals surface area (Å²) in [6.45, 7) is 2.32. The van der Waals surface area contributed by atoms with Crippen molar-refractivity contribution in [3.63, 3.8) is 0 Å². The van der Waals surface area contributed by atoms with Crippen molar-refractivity contribution in [2.24, 2.45) is 5.92 Å². The predicted octanol–water partition coefficient (Wildman–Crippen LogP) is 0.152. The van der Waals surface area contributed by atoms with Crippen molar-refractivity contribution in [1.82, 2.24) is 4.98 Å². The molecule has 0 amide bonds. The molecule has 0 saturated heterocycles. The molecule has 1 aromatic carbocycles. The topological polar surface area (TPSA) is 12.9 Å². The summed E-state index contributed by atoms with van der Waals surface area (Å²) < 4.78 is 0. The molecule has 0 spiro atoms. The second-order valence-electron chi connectivity index (χ2n) is 6.53. The molecule has 0 saturated carbocycles. The van der Waals surface area contributed by atoms with Crippen molar-refractivity contribution in [1.29, 1.82) is 0 Å². The van der Waals surface area contributed by atoms with E-state index in [-0.39, 0.29) is 58.9 Å². The minimum atomic E-state index is -0.346. The minimum Gasteiger partial charge on any atom is -1.00 e. The van der Waals surface area contributed by atoms with Gasteiger partial charge in [-0.05, 0) is 60.4 Å². The zero-order valence-corrected chi connectivity index (χ0v) is 19.7. The van der Waals surface area contributed by atoms with Gasteiger partial charge in [0.1, 0.15) is 0 Å². The molecular weight excluding hydrogens is 471 g/mol. The maximum atomic E-state index is 4.66. The van der Waals surface area contributed by atoms with Gasteiger partial charge in [0.15, 0.2) is 0 Å². The zero-order chi connectivity index (χ0) is 16.1. The molecule has 27 heavy (non-hydrogen) atoms. The average molecular weight is 489 g/mol. The van der Waals surface area contributed by atoms with Gasteiger partial charge in [-0.2, -0.15) is 0 Å². The summed E-state index contributed by atoms with van der Waals surface area (Å²) in [5, 5.41) is 3.15. The number of halogens is 2. The van der Waals surface area contributed by atoms with Crippen LogP contribution in [-0.2, 0) is 26.2 Å². The molecule has 5 heteroatoms. The van der Waals surface area contributed by atoms with Gasteiger partial charge in [0, 0.05) is 17.8 Å². The normalized spacial score (nSPS) is 23.7. The van der Waals surface area contributed by atoms with E-state index in [1.165, 1.54) is 16.7 Å². The molecule has 5 rings (SSSR count). The van der Waals surface area contributed by atoms with Crippen molar-refractivity contribution < 1.29 is 51.0 Å². The van der Waals surface area contributed by atoms with Crippen LogP contribution in [0.2, 0.25) is 0 Å². The summed E-state index contributed by atoms with van der Waals surface area (Å²) in [4.78, 5) is 4.66. The van der Waals surface area contributed by atoms with E-state index in [4.69, 9.17) is 0 Å². The van der Waals surface area contributed by atoms with Crippen LogP contribution in [-0.4, -0.2) is 4.98 Å². The van der Waals surface area contributed by atoms with E-state index >= 15 is 0 Å². The third-order valence-corrected chi connectivity index (χ3v) is 8.11. The molecule has 2 aromatic rings. The summed E-state index contributed by atoms with van der Waals surface area (Å²) in [5.74, 6) is 0.522. The maximum absolute atomic E-state index is 4.66. The number of benzene rings is 1. The van der Waals surface area contributed by atoms with Crippen LogP contribution in [0.4, 0.5) is 0 Å². The number of rotatable bonds is 2. The maximum Gasteiger partial charge on any atom is 2.00 e. The minimum absolute atomic E-state index is 0. The molecule has 3 atom stereocenters. The molecule has 1 aromatic heterocycles. The summed E-state index contributed by atoms with van der Waals surface area (Å²) in [6, 6.07) is 15.1. The van der Waals surface area contributed by atoms with Gasteiger partial charge in [0.05, 0.1) is 5.69 Å². The Labute approximate surface area is 193 Å². The van der Waals surface area contributed by atoms with E-state index < -0.39 is 0 Å². The number of aromatic nitrogens is 1. The SMILES string of the molecule is CC1=CC2C=CC=C2P1C1C(c2ccccn2)=Cc2ccccc21.[Cl-].[Cl-].[Zr+2]. The molecule has 2 heterocycles. The standard InChI is InChI=1S/C22H18NP.2ClH.Zr/c1-15-13-17-8-6-11-21(17)24(15)22-18-9-3-2-7-16(18)14-19(22)20-10-4-5-12-23-20;;;/h2-14,17,22H,1H3;2*1H;/q;;;+2/p-2. The van der Waals surface area contributed by atoms with Crippen LogP contribution in [0.1, 0.15) is 29.4 Å². The van der Waals surface area contributed by atoms with Crippen LogP contribution in [0.25, 0.3) is 11.6 Å². The fourth-order valence-electron chi connectivity index (χ4n) is 4.09. The molecule has 0 fully saturated rings. The molecule has 0 bridgehead atoms. The Balaban J connectivity index is 0.000000871. The first-order chi connectivity index (χ1) is 11.8. The average Bonchev–Trinajstić information content (AvgIpc) is 3.28. The third kappa shape index (κ3) is 3.75. The smallest absolute Gasteiger partial charge is 1.00 e. The Morgan fingerprint density at radius 2 is 1.78 bits per heavy atom. The summed E-state index contributed by atoms with van der Waals surface area (Å²) in [5.41, 5.74) is 5.74. The molecule has 1 nitrogen and oxygen atoms in total. The molecule has 3 aliphatic rings. The van der Waals surface area contributed by atoms with Crippen molar-refractivity contribution in [3.05, 3.63) is 100 Å². The molecule has 2 aliphatic carbocycles. The molecule has 3 unspecified atom stereocenters. The number of pyridine rings is 1. The van der Waals surface area contributed by atoms with E-state index in [2.05, 4.69) is 78.7 Å². The summed E-state index contributed by atoms with van der Waals surface area (Å²) >= 11 is 0. The van der Waals surface area contributed by atoms with Crippen molar-refractivity contribution >= 4 is 19.6 Å². The molecule has 134 valence electrons. The second kappa shape index (κ2) is 9.15. The van der Waals surface area contributed by atoms with Gasteiger partial charge in [-0.25, -0.2) is 0 Å². The number of nitrogens with zero attached hydrogens (tertiary/aromatic N) is 1. The number of fused-ring (bicyclic) bond motifs is 2. The fourth-order valence-corrected chi connectivity index (χ4v) is 7.25. The monoisotopic (exact) mass is 487 g/mol. The summed E-state index contributed by atoms with van der Waals surface area (Å²) in [6.07, 6.45) is 13.6. The molecule has 0 radical (unpaired) electrons. The second-order valence-corrected chi connectivity index (χ2v) is 9.00.